The summed E-state index contributed by atoms with van der Waals surface area (Å²) >= 11 is 13.0. The topological polar surface area (TPSA) is 32.3 Å². The molecular formula is C14H12Br2ClNO. The Labute approximate surface area is 134 Å². The van der Waals surface area contributed by atoms with Crippen molar-refractivity contribution in [2.24, 2.45) is 0 Å². The molecule has 1 unspecified atom stereocenters. The van der Waals surface area contributed by atoms with Crippen LogP contribution >= 0.6 is 43.5 Å². The van der Waals surface area contributed by atoms with Gasteiger partial charge in [-0.05, 0) is 35.9 Å². The minimum absolute atomic E-state index is 0.0339. The number of aliphatic hydroxyl groups is 1. The molecule has 2 rings (SSSR count). The lowest BCUT2D eigenvalue weighted by Gasteiger charge is -2.19. The van der Waals surface area contributed by atoms with Gasteiger partial charge in [-0.25, -0.2) is 0 Å². The van der Waals surface area contributed by atoms with Gasteiger partial charge in [-0.2, -0.15) is 0 Å². The number of hydrogen-bond donors (Lipinski definition) is 2. The van der Waals surface area contributed by atoms with E-state index in [-0.39, 0.29) is 12.6 Å². The standard InChI is InChI=1S/C14H12Br2ClNO/c15-9-2-1-3-11(6-9)18-14(8-19)12-5-4-10(16)7-13(12)17/h1-7,14,18-19H,8H2. The largest absolute Gasteiger partial charge is 0.394 e. The van der Waals surface area contributed by atoms with Crippen LogP contribution in [0, 0.1) is 0 Å². The van der Waals surface area contributed by atoms with Crippen LogP contribution in [0.5, 0.6) is 0 Å². The fourth-order valence-electron chi connectivity index (χ4n) is 1.79. The van der Waals surface area contributed by atoms with E-state index in [1.165, 1.54) is 0 Å². The van der Waals surface area contributed by atoms with Gasteiger partial charge in [0, 0.05) is 19.7 Å². The van der Waals surface area contributed by atoms with Crippen LogP contribution in [0.2, 0.25) is 5.02 Å². The second-order valence-corrected chi connectivity index (χ2v) is 6.29. The van der Waals surface area contributed by atoms with Gasteiger partial charge >= 0.3 is 0 Å². The van der Waals surface area contributed by atoms with Crippen LogP contribution in [0.15, 0.2) is 51.4 Å². The number of halogens is 3. The molecule has 0 amide bonds. The van der Waals surface area contributed by atoms with Gasteiger partial charge in [-0.3, -0.25) is 0 Å². The van der Waals surface area contributed by atoms with E-state index in [9.17, 15) is 5.11 Å². The van der Waals surface area contributed by atoms with Crippen molar-refractivity contribution in [2.75, 3.05) is 11.9 Å². The number of benzene rings is 2. The van der Waals surface area contributed by atoms with Crippen LogP contribution in [-0.2, 0) is 0 Å². The Morgan fingerprint density at radius 1 is 1.11 bits per heavy atom. The molecule has 19 heavy (non-hydrogen) atoms. The lowest BCUT2D eigenvalue weighted by molar-refractivity contribution is 0.276. The second-order valence-electron chi connectivity index (χ2n) is 4.06. The Kier molecular flexibility index (Phi) is 5.28. The smallest absolute Gasteiger partial charge is 0.0759 e. The Balaban J connectivity index is 2.25. The minimum atomic E-state index is -0.241. The molecule has 2 aromatic carbocycles. The molecule has 0 saturated heterocycles. The molecule has 0 bridgehead atoms. The maximum atomic E-state index is 9.56. The Bertz CT molecular complexity index is 577. The monoisotopic (exact) mass is 403 g/mol. The molecule has 0 heterocycles. The lowest BCUT2D eigenvalue weighted by Crippen LogP contribution is -2.15. The maximum absolute atomic E-state index is 9.56. The molecule has 2 nitrogen and oxygen atoms in total. The van der Waals surface area contributed by atoms with Crippen LogP contribution in [0.4, 0.5) is 5.69 Å². The van der Waals surface area contributed by atoms with Crippen LogP contribution in [-0.4, -0.2) is 11.7 Å². The first-order valence-electron chi connectivity index (χ1n) is 5.68. The predicted molar refractivity (Wildman–Crippen MR) is 86.7 cm³/mol. The highest BCUT2D eigenvalue weighted by atomic mass is 79.9. The number of aliphatic hydroxyl groups excluding tert-OH is 1. The van der Waals surface area contributed by atoms with Gasteiger partial charge in [-0.15, -0.1) is 0 Å². The number of anilines is 1. The van der Waals surface area contributed by atoms with E-state index in [1.54, 1.807) is 0 Å². The van der Waals surface area contributed by atoms with E-state index in [4.69, 9.17) is 11.6 Å². The average Bonchev–Trinajstić information content (AvgIpc) is 2.37. The van der Waals surface area contributed by atoms with Crippen LogP contribution in [0.1, 0.15) is 11.6 Å². The summed E-state index contributed by atoms with van der Waals surface area (Å²) < 4.78 is 1.90. The van der Waals surface area contributed by atoms with E-state index in [0.717, 1.165) is 20.2 Å². The molecule has 2 aromatic rings. The second kappa shape index (κ2) is 6.75. The van der Waals surface area contributed by atoms with Gasteiger partial charge in [0.25, 0.3) is 0 Å². The zero-order valence-electron chi connectivity index (χ0n) is 9.91. The molecule has 1 atom stereocenters. The average molecular weight is 406 g/mol. The van der Waals surface area contributed by atoms with E-state index in [0.29, 0.717) is 5.02 Å². The van der Waals surface area contributed by atoms with Gasteiger partial charge in [0.05, 0.1) is 12.6 Å². The molecule has 0 aliphatic heterocycles. The number of nitrogens with one attached hydrogen (secondary N) is 1. The van der Waals surface area contributed by atoms with Crippen LogP contribution < -0.4 is 5.32 Å². The molecule has 0 radical (unpaired) electrons. The van der Waals surface area contributed by atoms with Crippen molar-refractivity contribution in [1.29, 1.82) is 0 Å². The van der Waals surface area contributed by atoms with Gasteiger partial charge < -0.3 is 10.4 Å². The predicted octanol–water partition coefficient (Wildman–Crippen LogP) is 5.01. The first-order valence-corrected chi connectivity index (χ1v) is 7.64. The zero-order valence-corrected chi connectivity index (χ0v) is 13.8. The normalized spacial score (nSPS) is 12.2. The molecular weight excluding hydrogens is 393 g/mol. The van der Waals surface area contributed by atoms with Crippen LogP contribution in [0.3, 0.4) is 0 Å². The van der Waals surface area contributed by atoms with Gasteiger partial charge in [0.1, 0.15) is 0 Å². The summed E-state index contributed by atoms with van der Waals surface area (Å²) in [5.41, 5.74) is 1.79. The summed E-state index contributed by atoms with van der Waals surface area (Å²) in [5, 5.41) is 13.4. The van der Waals surface area contributed by atoms with Crippen molar-refractivity contribution < 1.29 is 5.11 Å². The zero-order chi connectivity index (χ0) is 13.8. The van der Waals surface area contributed by atoms with Crippen molar-refractivity contribution in [3.05, 3.63) is 62.0 Å². The third kappa shape index (κ3) is 3.96. The molecule has 0 spiro atoms. The summed E-state index contributed by atoms with van der Waals surface area (Å²) in [6.07, 6.45) is 0. The lowest BCUT2D eigenvalue weighted by atomic mass is 10.1. The summed E-state index contributed by atoms with van der Waals surface area (Å²) in [6, 6.07) is 13.2. The molecule has 0 fully saturated rings. The van der Waals surface area contributed by atoms with Crippen molar-refractivity contribution in [3.8, 4) is 0 Å². The van der Waals surface area contributed by atoms with E-state index in [2.05, 4.69) is 37.2 Å². The summed E-state index contributed by atoms with van der Waals surface area (Å²) in [6.45, 7) is -0.0339. The van der Waals surface area contributed by atoms with Crippen molar-refractivity contribution in [3.63, 3.8) is 0 Å². The molecule has 2 N–H and O–H groups in total. The van der Waals surface area contributed by atoms with Crippen LogP contribution in [0.25, 0.3) is 0 Å². The van der Waals surface area contributed by atoms with Gasteiger partial charge in [0.2, 0.25) is 0 Å². The highest BCUT2D eigenvalue weighted by molar-refractivity contribution is 9.10. The molecule has 100 valence electrons. The third-order valence-electron chi connectivity index (χ3n) is 2.69. The fraction of sp³-hybridized carbons (Fsp3) is 0.143. The Morgan fingerprint density at radius 2 is 1.84 bits per heavy atom. The Morgan fingerprint density at radius 3 is 2.47 bits per heavy atom. The van der Waals surface area contributed by atoms with E-state index < -0.39 is 0 Å². The molecule has 0 aliphatic rings. The third-order valence-corrected chi connectivity index (χ3v) is 4.00. The maximum Gasteiger partial charge on any atom is 0.0759 e. The Hall–Kier alpha value is -0.550. The van der Waals surface area contributed by atoms with E-state index >= 15 is 0 Å². The first-order chi connectivity index (χ1) is 9.10. The first kappa shape index (κ1) is 14.9. The van der Waals surface area contributed by atoms with Gasteiger partial charge in [-0.1, -0.05) is 55.6 Å². The summed E-state index contributed by atoms with van der Waals surface area (Å²) in [5.74, 6) is 0. The SMILES string of the molecule is OCC(Nc1cccc(Br)c1)c1ccc(Br)cc1Cl. The highest BCUT2D eigenvalue weighted by Gasteiger charge is 2.14. The van der Waals surface area contributed by atoms with Crippen molar-refractivity contribution in [2.45, 2.75) is 6.04 Å². The fourth-order valence-corrected chi connectivity index (χ4v) is 2.99. The minimum Gasteiger partial charge on any atom is -0.394 e. The van der Waals surface area contributed by atoms with E-state index in [1.807, 2.05) is 42.5 Å². The summed E-state index contributed by atoms with van der Waals surface area (Å²) in [4.78, 5) is 0. The number of rotatable bonds is 4. The van der Waals surface area contributed by atoms with Crippen molar-refractivity contribution in [1.82, 2.24) is 0 Å². The molecule has 0 aromatic heterocycles. The number of hydrogen-bond acceptors (Lipinski definition) is 2. The molecule has 0 saturated carbocycles. The van der Waals surface area contributed by atoms with Gasteiger partial charge in [0.15, 0.2) is 0 Å². The quantitative estimate of drug-likeness (QED) is 0.749. The molecule has 0 aliphatic carbocycles. The molecule has 5 heteroatoms. The summed E-state index contributed by atoms with van der Waals surface area (Å²) in [7, 11) is 0. The highest BCUT2D eigenvalue weighted by Crippen LogP contribution is 2.29. The van der Waals surface area contributed by atoms with Crippen molar-refractivity contribution >= 4 is 49.1 Å².